The van der Waals surface area contributed by atoms with Crippen LogP contribution in [-0.4, -0.2) is 106 Å². The fourth-order valence-corrected chi connectivity index (χ4v) is 3.56. The van der Waals surface area contributed by atoms with Gasteiger partial charge in [-0.05, 0) is 24.9 Å². The maximum absolute atomic E-state index is 12.9. The molecule has 0 bridgehead atoms. The minimum atomic E-state index is -1.67. The SMILES string of the molecule is CSCC[C@H](N)C(=O)N[C@@H](CO)C(=O)N[C@@H](CCC(N)=O)C(=O)N[C@@H](CS)C(=O)N[C@@H](CC(N)=O)C(=O)O. The standard InChI is InChI=1S/C20H35N7O9S2/c1-38-5-4-9(21)16(31)26-12(7-28)18(33)24-10(2-3-14(22)29)17(32)27-13(8-37)19(34)25-11(20(35)36)6-15(23)30/h9-13,28,37H,2-8,21H2,1H3,(H2,22,29)(H2,23,30)(H,24,33)(H,25,34)(H,26,31)(H,27,32)(H,35,36)/t9-,10-,11-,12-,13-/m0/s1. The first kappa shape index (κ1) is 34.9. The zero-order valence-corrected chi connectivity index (χ0v) is 22.4. The fraction of sp³-hybridized carbons (Fsp3) is 0.650. The molecule has 12 N–H and O–H groups in total. The first-order valence-corrected chi connectivity index (χ1v) is 13.3. The van der Waals surface area contributed by atoms with E-state index in [2.05, 4.69) is 28.6 Å². The molecule has 0 rings (SSSR count). The van der Waals surface area contributed by atoms with E-state index in [4.69, 9.17) is 22.3 Å². The van der Waals surface area contributed by atoms with E-state index in [0.717, 1.165) is 0 Å². The van der Waals surface area contributed by atoms with Gasteiger partial charge in [0, 0.05) is 12.2 Å². The van der Waals surface area contributed by atoms with Gasteiger partial charge in [-0.1, -0.05) is 0 Å². The number of rotatable bonds is 19. The number of aliphatic hydroxyl groups is 1. The summed E-state index contributed by atoms with van der Waals surface area (Å²) in [4.78, 5) is 83.8. The van der Waals surface area contributed by atoms with Crippen LogP contribution in [0, 0.1) is 0 Å². The van der Waals surface area contributed by atoms with Crippen LogP contribution in [0.4, 0.5) is 0 Å². The Balaban J connectivity index is 5.50. The van der Waals surface area contributed by atoms with Gasteiger partial charge in [-0.2, -0.15) is 24.4 Å². The van der Waals surface area contributed by atoms with Gasteiger partial charge in [0.2, 0.25) is 35.4 Å². The number of hydrogen-bond acceptors (Lipinski definition) is 11. The molecule has 0 saturated heterocycles. The predicted molar refractivity (Wildman–Crippen MR) is 140 cm³/mol. The van der Waals surface area contributed by atoms with Gasteiger partial charge in [0.1, 0.15) is 24.2 Å². The van der Waals surface area contributed by atoms with Crippen LogP contribution in [-0.2, 0) is 33.6 Å². The van der Waals surface area contributed by atoms with E-state index in [1.807, 2.05) is 11.6 Å². The number of carboxylic acids is 1. The fourth-order valence-electron chi connectivity index (χ4n) is 2.82. The van der Waals surface area contributed by atoms with Crippen molar-refractivity contribution in [2.24, 2.45) is 17.2 Å². The third-order valence-corrected chi connectivity index (χ3v) is 5.94. The van der Waals surface area contributed by atoms with Gasteiger partial charge < -0.3 is 48.7 Å². The highest BCUT2D eigenvalue weighted by atomic mass is 32.2. The Hall–Kier alpha value is -3.09. The number of thioether (sulfide) groups is 1. The summed E-state index contributed by atoms with van der Waals surface area (Å²) >= 11 is 5.41. The molecule has 216 valence electrons. The molecule has 0 unspecified atom stereocenters. The van der Waals surface area contributed by atoms with Crippen molar-refractivity contribution in [3.05, 3.63) is 0 Å². The summed E-state index contributed by atoms with van der Waals surface area (Å²) in [6.45, 7) is -0.838. The van der Waals surface area contributed by atoms with Crippen molar-refractivity contribution in [1.82, 2.24) is 21.3 Å². The second kappa shape index (κ2) is 18.2. The molecule has 0 aliphatic carbocycles. The van der Waals surface area contributed by atoms with Crippen LogP contribution < -0.4 is 38.5 Å². The monoisotopic (exact) mass is 581 g/mol. The number of carboxylic acid groups (broad SMARTS) is 1. The third kappa shape index (κ3) is 13.5. The van der Waals surface area contributed by atoms with Crippen molar-refractivity contribution in [1.29, 1.82) is 0 Å². The number of thiol groups is 1. The Morgan fingerprint density at radius 1 is 0.789 bits per heavy atom. The molecule has 0 heterocycles. The van der Waals surface area contributed by atoms with Crippen LogP contribution in [0.1, 0.15) is 25.7 Å². The lowest BCUT2D eigenvalue weighted by Crippen LogP contribution is -2.59. The van der Waals surface area contributed by atoms with E-state index in [9.17, 15) is 38.7 Å². The Labute approximate surface area is 228 Å². The number of aliphatic hydroxyl groups excluding tert-OH is 1. The van der Waals surface area contributed by atoms with Crippen LogP contribution in [0.5, 0.6) is 0 Å². The van der Waals surface area contributed by atoms with Crippen molar-refractivity contribution in [2.45, 2.75) is 55.9 Å². The summed E-state index contributed by atoms with van der Waals surface area (Å²) in [5, 5.41) is 27.6. The quantitative estimate of drug-likeness (QED) is 0.0645. The van der Waals surface area contributed by atoms with Crippen molar-refractivity contribution in [2.75, 3.05) is 24.4 Å². The van der Waals surface area contributed by atoms with E-state index in [1.54, 1.807) is 0 Å². The normalized spacial score (nSPS) is 14.6. The molecule has 0 spiro atoms. The van der Waals surface area contributed by atoms with Gasteiger partial charge in [0.05, 0.1) is 19.1 Å². The summed E-state index contributed by atoms with van der Waals surface area (Å²) in [6.07, 6.45) is 0.754. The predicted octanol–water partition coefficient (Wildman–Crippen LogP) is -4.85. The first-order chi connectivity index (χ1) is 17.8. The Morgan fingerprint density at radius 3 is 1.76 bits per heavy atom. The van der Waals surface area contributed by atoms with E-state index >= 15 is 0 Å². The van der Waals surface area contributed by atoms with Crippen molar-refractivity contribution in [3.63, 3.8) is 0 Å². The average Bonchev–Trinajstić information content (AvgIpc) is 2.84. The molecule has 0 aromatic heterocycles. The largest absolute Gasteiger partial charge is 0.480 e. The van der Waals surface area contributed by atoms with Gasteiger partial charge in [-0.25, -0.2) is 4.79 Å². The summed E-state index contributed by atoms with van der Waals surface area (Å²) in [7, 11) is 0. The van der Waals surface area contributed by atoms with Crippen molar-refractivity contribution < 1.29 is 43.8 Å². The number of hydrogen-bond donors (Lipinski definition) is 10. The summed E-state index contributed by atoms with van der Waals surface area (Å²) in [6, 6.07) is -6.97. The highest BCUT2D eigenvalue weighted by Crippen LogP contribution is 2.03. The van der Waals surface area contributed by atoms with Crippen molar-refractivity contribution >= 4 is 65.8 Å². The lowest BCUT2D eigenvalue weighted by Gasteiger charge is -2.25. The van der Waals surface area contributed by atoms with E-state index < -0.39 is 84.6 Å². The third-order valence-electron chi connectivity index (χ3n) is 4.93. The topological polar surface area (TPSA) is 286 Å². The van der Waals surface area contributed by atoms with E-state index in [-0.39, 0.29) is 18.6 Å². The van der Waals surface area contributed by atoms with Gasteiger partial charge in [0.25, 0.3) is 0 Å². The summed E-state index contributed by atoms with van der Waals surface area (Å²) in [5.41, 5.74) is 15.9. The summed E-state index contributed by atoms with van der Waals surface area (Å²) in [5.74, 6) is -6.76. The number of carbonyl (C=O) groups is 7. The van der Waals surface area contributed by atoms with Gasteiger partial charge in [-0.15, -0.1) is 0 Å². The molecule has 0 aliphatic heterocycles. The number of aliphatic carboxylic acids is 1. The van der Waals surface area contributed by atoms with Crippen molar-refractivity contribution in [3.8, 4) is 0 Å². The number of primary amides is 2. The lowest BCUT2D eigenvalue weighted by atomic mass is 10.1. The van der Waals surface area contributed by atoms with Crippen LogP contribution in [0.2, 0.25) is 0 Å². The maximum atomic E-state index is 12.9. The van der Waals surface area contributed by atoms with Crippen LogP contribution in [0.15, 0.2) is 0 Å². The second-order valence-corrected chi connectivity index (χ2v) is 9.36. The Morgan fingerprint density at radius 2 is 1.29 bits per heavy atom. The minimum absolute atomic E-state index is 0.311. The van der Waals surface area contributed by atoms with Crippen LogP contribution in [0.3, 0.4) is 0 Å². The molecule has 0 aromatic rings. The minimum Gasteiger partial charge on any atom is -0.480 e. The lowest BCUT2D eigenvalue weighted by molar-refractivity contribution is -0.143. The molecular formula is C20H35N7O9S2. The molecule has 0 aliphatic rings. The molecule has 0 saturated carbocycles. The molecule has 18 heteroatoms. The van der Waals surface area contributed by atoms with Crippen LogP contribution in [0.25, 0.3) is 0 Å². The number of amides is 6. The maximum Gasteiger partial charge on any atom is 0.326 e. The van der Waals surface area contributed by atoms with E-state index in [1.165, 1.54) is 11.8 Å². The van der Waals surface area contributed by atoms with Gasteiger partial charge in [0.15, 0.2) is 0 Å². The number of nitrogens with two attached hydrogens (primary N) is 3. The molecule has 16 nitrogen and oxygen atoms in total. The van der Waals surface area contributed by atoms with Crippen LogP contribution >= 0.6 is 24.4 Å². The van der Waals surface area contributed by atoms with E-state index in [0.29, 0.717) is 12.2 Å². The zero-order chi connectivity index (χ0) is 29.4. The number of carbonyl (C=O) groups excluding carboxylic acids is 6. The highest BCUT2D eigenvalue weighted by molar-refractivity contribution is 7.98. The molecule has 38 heavy (non-hydrogen) atoms. The zero-order valence-electron chi connectivity index (χ0n) is 20.7. The Kier molecular flexibility index (Phi) is 16.7. The molecule has 0 aromatic carbocycles. The second-order valence-electron chi connectivity index (χ2n) is 8.01. The molecule has 5 atom stereocenters. The number of nitrogens with one attached hydrogen (secondary N) is 4. The van der Waals surface area contributed by atoms with Gasteiger partial charge in [-0.3, -0.25) is 28.8 Å². The average molecular weight is 582 g/mol. The smallest absolute Gasteiger partial charge is 0.326 e. The Bertz CT molecular complexity index is 878. The van der Waals surface area contributed by atoms with Gasteiger partial charge >= 0.3 is 5.97 Å². The molecule has 6 amide bonds. The molecule has 0 radical (unpaired) electrons. The molecular weight excluding hydrogens is 546 g/mol. The molecule has 0 fully saturated rings. The summed E-state index contributed by atoms with van der Waals surface area (Å²) < 4.78 is 0. The highest BCUT2D eigenvalue weighted by Gasteiger charge is 2.31. The first-order valence-electron chi connectivity index (χ1n) is 11.2.